The molecule has 0 spiro atoms. The maximum absolute atomic E-state index is 5.47. The van der Waals surface area contributed by atoms with Crippen LogP contribution in [0.3, 0.4) is 0 Å². The van der Waals surface area contributed by atoms with Crippen LogP contribution in [0.4, 0.5) is 0 Å². The van der Waals surface area contributed by atoms with Crippen LogP contribution in [-0.2, 0) is 4.74 Å². The fourth-order valence-corrected chi connectivity index (χ4v) is 1.27. The lowest BCUT2D eigenvalue weighted by molar-refractivity contribution is 0.0580. The lowest BCUT2D eigenvalue weighted by atomic mass is 10.0. The van der Waals surface area contributed by atoms with E-state index in [0.717, 1.165) is 5.92 Å². The Balaban J connectivity index is 2.39. The molecule has 3 atom stereocenters. The molecule has 1 aliphatic heterocycles. The molecule has 1 nitrogen and oxygen atoms in total. The van der Waals surface area contributed by atoms with Gasteiger partial charge in [-0.3, -0.25) is 0 Å². The molecule has 0 bridgehead atoms. The Bertz CT molecular complexity index is 70.5. The van der Waals surface area contributed by atoms with Gasteiger partial charge in [0.05, 0.1) is 12.2 Å². The van der Waals surface area contributed by atoms with Crippen molar-refractivity contribution in [3.8, 4) is 0 Å². The monoisotopic (exact) mass is 114 g/mol. The highest BCUT2D eigenvalue weighted by Crippen LogP contribution is 2.24. The molecule has 0 amide bonds. The normalized spacial score (nSPS) is 47.6. The van der Waals surface area contributed by atoms with Gasteiger partial charge in [0.1, 0.15) is 0 Å². The Morgan fingerprint density at radius 3 is 2.00 bits per heavy atom. The van der Waals surface area contributed by atoms with Crippen molar-refractivity contribution < 1.29 is 4.74 Å². The van der Waals surface area contributed by atoms with E-state index in [2.05, 4.69) is 20.8 Å². The maximum Gasteiger partial charge on any atom is 0.0577 e. The largest absolute Gasteiger partial charge is 0.375 e. The Hall–Kier alpha value is -0.0400. The molecule has 1 rings (SSSR count). The molecule has 0 N–H and O–H groups in total. The maximum atomic E-state index is 5.47. The molecule has 0 aromatic rings. The van der Waals surface area contributed by atoms with E-state index in [1.54, 1.807) is 0 Å². The van der Waals surface area contributed by atoms with Gasteiger partial charge in [0, 0.05) is 0 Å². The van der Waals surface area contributed by atoms with E-state index in [1.807, 2.05) is 0 Å². The Kier molecular flexibility index (Phi) is 1.57. The van der Waals surface area contributed by atoms with Gasteiger partial charge in [0.25, 0.3) is 0 Å². The number of rotatable bonds is 0. The predicted molar refractivity (Wildman–Crippen MR) is 33.8 cm³/mol. The van der Waals surface area contributed by atoms with E-state index >= 15 is 0 Å². The molecule has 1 heterocycles. The molecule has 1 saturated heterocycles. The van der Waals surface area contributed by atoms with Gasteiger partial charge in [0.15, 0.2) is 0 Å². The van der Waals surface area contributed by atoms with Gasteiger partial charge in [-0.15, -0.1) is 0 Å². The van der Waals surface area contributed by atoms with E-state index in [1.165, 1.54) is 6.42 Å². The highest BCUT2D eigenvalue weighted by molar-refractivity contribution is 4.72. The van der Waals surface area contributed by atoms with Crippen molar-refractivity contribution in [2.24, 2.45) is 5.92 Å². The second-order valence-electron chi connectivity index (χ2n) is 2.86. The lowest BCUT2D eigenvalue weighted by Crippen LogP contribution is -2.06. The number of hydrogen-bond donors (Lipinski definition) is 0. The molecule has 1 aliphatic rings. The molecular weight excluding hydrogens is 100 g/mol. The molecule has 48 valence electrons. The third-order valence-corrected chi connectivity index (χ3v) is 1.95. The van der Waals surface area contributed by atoms with Crippen LogP contribution in [0.2, 0.25) is 0 Å². The number of hydrogen-bond acceptors (Lipinski definition) is 1. The lowest BCUT2D eigenvalue weighted by Gasteiger charge is -2.05. The van der Waals surface area contributed by atoms with E-state index in [4.69, 9.17) is 4.74 Å². The van der Waals surface area contributed by atoms with Crippen LogP contribution in [0, 0.1) is 5.92 Å². The standard InChI is InChI=1S/C7H14O/c1-5-4-6(2)8-7(5)3/h5-7H,4H2,1-3H3/t5?,6-,7+/m0/s1. The summed E-state index contributed by atoms with van der Waals surface area (Å²) >= 11 is 0. The van der Waals surface area contributed by atoms with Crippen molar-refractivity contribution in [1.82, 2.24) is 0 Å². The first-order valence-corrected chi connectivity index (χ1v) is 3.35. The molecule has 0 saturated carbocycles. The van der Waals surface area contributed by atoms with Crippen molar-refractivity contribution in [1.29, 1.82) is 0 Å². The quantitative estimate of drug-likeness (QED) is 0.466. The molecule has 1 unspecified atom stereocenters. The van der Waals surface area contributed by atoms with Crippen molar-refractivity contribution in [2.75, 3.05) is 0 Å². The van der Waals surface area contributed by atoms with Crippen molar-refractivity contribution in [3.05, 3.63) is 0 Å². The van der Waals surface area contributed by atoms with Crippen molar-refractivity contribution in [2.45, 2.75) is 39.4 Å². The molecule has 1 fully saturated rings. The minimum atomic E-state index is 0.491. The Labute approximate surface area is 51.0 Å². The molecule has 0 aromatic carbocycles. The molecule has 0 aliphatic carbocycles. The Morgan fingerprint density at radius 1 is 1.25 bits per heavy atom. The summed E-state index contributed by atoms with van der Waals surface area (Å²) in [6.45, 7) is 6.53. The molecule has 0 aromatic heterocycles. The summed E-state index contributed by atoms with van der Waals surface area (Å²) in [5.74, 6) is 0.769. The SMILES string of the molecule is CC1C[C@H](C)O[C@@H]1C. The first kappa shape index (κ1) is 6.09. The van der Waals surface area contributed by atoms with Crippen molar-refractivity contribution in [3.63, 3.8) is 0 Å². The summed E-state index contributed by atoms with van der Waals surface area (Å²) in [4.78, 5) is 0. The summed E-state index contributed by atoms with van der Waals surface area (Å²) in [6, 6.07) is 0. The van der Waals surface area contributed by atoms with Crippen LogP contribution < -0.4 is 0 Å². The fraction of sp³-hybridized carbons (Fsp3) is 1.00. The van der Waals surface area contributed by atoms with Gasteiger partial charge in [-0.1, -0.05) is 6.92 Å². The zero-order chi connectivity index (χ0) is 6.15. The van der Waals surface area contributed by atoms with Gasteiger partial charge < -0.3 is 4.74 Å². The predicted octanol–water partition coefficient (Wildman–Crippen LogP) is 1.82. The highest BCUT2D eigenvalue weighted by atomic mass is 16.5. The topological polar surface area (TPSA) is 9.23 Å². The molecule has 0 radical (unpaired) electrons. The van der Waals surface area contributed by atoms with Crippen LogP contribution >= 0.6 is 0 Å². The average Bonchev–Trinajstić information content (AvgIpc) is 1.85. The van der Waals surface area contributed by atoms with Gasteiger partial charge in [-0.2, -0.15) is 0 Å². The van der Waals surface area contributed by atoms with Gasteiger partial charge >= 0.3 is 0 Å². The van der Waals surface area contributed by atoms with Crippen molar-refractivity contribution >= 4 is 0 Å². The summed E-state index contributed by atoms with van der Waals surface area (Å²) in [7, 11) is 0. The molecule has 8 heavy (non-hydrogen) atoms. The van der Waals surface area contributed by atoms with Crippen LogP contribution in [0.25, 0.3) is 0 Å². The molecular formula is C7H14O. The summed E-state index contributed by atoms with van der Waals surface area (Å²) in [5.41, 5.74) is 0. The second-order valence-corrected chi connectivity index (χ2v) is 2.86. The van der Waals surface area contributed by atoms with E-state index in [0.29, 0.717) is 12.2 Å². The van der Waals surface area contributed by atoms with Crippen LogP contribution in [0.1, 0.15) is 27.2 Å². The Morgan fingerprint density at radius 2 is 1.88 bits per heavy atom. The van der Waals surface area contributed by atoms with E-state index in [9.17, 15) is 0 Å². The molecule has 1 heteroatoms. The zero-order valence-corrected chi connectivity index (χ0v) is 5.85. The smallest absolute Gasteiger partial charge is 0.0577 e. The van der Waals surface area contributed by atoms with E-state index < -0.39 is 0 Å². The summed E-state index contributed by atoms with van der Waals surface area (Å²) in [6.07, 6.45) is 2.23. The minimum absolute atomic E-state index is 0.491. The van der Waals surface area contributed by atoms with Gasteiger partial charge in [0.2, 0.25) is 0 Å². The van der Waals surface area contributed by atoms with Gasteiger partial charge in [-0.05, 0) is 26.2 Å². The number of ether oxygens (including phenoxy) is 1. The third-order valence-electron chi connectivity index (χ3n) is 1.95. The summed E-state index contributed by atoms with van der Waals surface area (Å²) in [5, 5.41) is 0. The van der Waals surface area contributed by atoms with E-state index in [-0.39, 0.29) is 0 Å². The fourth-order valence-electron chi connectivity index (χ4n) is 1.27. The first-order chi connectivity index (χ1) is 3.70. The van der Waals surface area contributed by atoms with Crippen LogP contribution in [0.5, 0.6) is 0 Å². The minimum Gasteiger partial charge on any atom is -0.375 e. The van der Waals surface area contributed by atoms with Crippen LogP contribution in [-0.4, -0.2) is 12.2 Å². The van der Waals surface area contributed by atoms with Gasteiger partial charge in [-0.25, -0.2) is 0 Å². The zero-order valence-electron chi connectivity index (χ0n) is 5.85. The average molecular weight is 114 g/mol. The summed E-state index contributed by atoms with van der Waals surface area (Å²) < 4.78 is 5.47. The second kappa shape index (κ2) is 2.06. The van der Waals surface area contributed by atoms with Crippen LogP contribution in [0.15, 0.2) is 0 Å². The first-order valence-electron chi connectivity index (χ1n) is 3.35. The third kappa shape index (κ3) is 1.03. The highest BCUT2D eigenvalue weighted by Gasteiger charge is 2.24.